The molecule has 1 aromatic heterocycles. The number of para-hydroxylation sites is 1. The zero-order valence-electron chi connectivity index (χ0n) is 17.0. The van der Waals surface area contributed by atoms with Gasteiger partial charge in [-0.25, -0.2) is 0 Å². The Bertz CT molecular complexity index is 1110. The largest absolute Gasteiger partial charge is 0.360 e. The molecule has 1 heterocycles. The normalized spacial score (nSPS) is 12.2. The van der Waals surface area contributed by atoms with Crippen LogP contribution in [0.3, 0.4) is 0 Å². The minimum absolute atomic E-state index is 0.141. The van der Waals surface area contributed by atoms with Crippen LogP contribution in [-0.4, -0.2) is 10.8 Å². The number of nitrogens with two attached hydrogens (primary N) is 1. The third-order valence-electron chi connectivity index (χ3n) is 5.60. The molecule has 0 amide bonds. The van der Waals surface area contributed by atoms with Crippen LogP contribution in [0.4, 0.5) is 0 Å². The average molecular weight is 384 g/mol. The average Bonchev–Trinajstić information content (AvgIpc) is 3.20. The third kappa shape index (κ3) is 4.01. The highest BCUT2D eigenvalue weighted by atomic mass is 16.1. The number of rotatable bonds is 7. The molecule has 0 bridgehead atoms. The summed E-state index contributed by atoms with van der Waals surface area (Å²) in [6.45, 7) is 4.98. The number of aryl methyl sites for hydroxylation is 2. The van der Waals surface area contributed by atoms with Gasteiger partial charge in [0.15, 0.2) is 6.04 Å². The second kappa shape index (κ2) is 8.46. The first-order valence-electron chi connectivity index (χ1n) is 10.2. The molecular formula is C26H27N2O+. The summed E-state index contributed by atoms with van der Waals surface area (Å²) in [6, 6.07) is 24.5. The molecule has 0 fully saturated rings. The highest BCUT2D eigenvalue weighted by Crippen LogP contribution is 2.25. The second-order valence-corrected chi connectivity index (χ2v) is 7.57. The molecule has 3 N–H and O–H groups in total. The van der Waals surface area contributed by atoms with Crippen LogP contribution < -0.4 is 5.32 Å². The van der Waals surface area contributed by atoms with Crippen molar-refractivity contribution in [2.24, 2.45) is 0 Å². The van der Waals surface area contributed by atoms with E-state index >= 15 is 0 Å². The lowest BCUT2D eigenvalue weighted by Crippen LogP contribution is -2.85. The fourth-order valence-electron chi connectivity index (χ4n) is 3.92. The lowest BCUT2D eigenvalue weighted by atomic mass is 9.96. The summed E-state index contributed by atoms with van der Waals surface area (Å²) in [4.78, 5) is 17.0. The molecule has 146 valence electrons. The van der Waals surface area contributed by atoms with E-state index in [-0.39, 0.29) is 11.8 Å². The van der Waals surface area contributed by atoms with Crippen molar-refractivity contribution in [1.82, 2.24) is 4.98 Å². The van der Waals surface area contributed by atoms with Crippen LogP contribution in [0.25, 0.3) is 10.9 Å². The van der Waals surface area contributed by atoms with Gasteiger partial charge >= 0.3 is 0 Å². The number of benzene rings is 3. The van der Waals surface area contributed by atoms with Crippen molar-refractivity contribution in [1.29, 1.82) is 0 Å². The van der Waals surface area contributed by atoms with Gasteiger partial charge in [0.05, 0.1) is 0 Å². The van der Waals surface area contributed by atoms with Crippen molar-refractivity contribution in [3.63, 3.8) is 0 Å². The van der Waals surface area contributed by atoms with Gasteiger partial charge in [0, 0.05) is 33.8 Å². The Labute approximate surface area is 171 Å². The van der Waals surface area contributed by atoms with E-state index in [9.17, 15) is 4.79 Å². The number of hydrogen-bond acceptors (Lipinski definition) is 1. The topological polar surface area (TPSA) is 49.5 Å². The number of nitrogens with one attached hydrogen (secondary N) is 1. The van der Waals surface area contributed by atoms with Crippen LogP contribution in [0.15, 0.2) is 79.0 Å². The summed E-state index contributed by atoms with van der Waals surface area (Å²) in [5.74, 6) is 0.141. The number of aromatic nitrogens is 1. The van der Waals surface area contributed by atoms with Crippen molar-refractivity contribution >= 4 is 16.7 Å². The van der Waals surface area contributed by atoms with Crippen molar-refractivity contribution in [2.75, 3.05) is 0 Å². The van der Waals surface area contributed by atoms with Crippen molar-refractivity contribution in [3.8, 4) is 0 Å². The van der Waals surface area contributed by atoms with Gasteiger partial charge in [-0.3, -0.25) is 4.79 Å². The lowest BCUT2D eigenvalue weighted by molar-refractivity contribution is -0.696. The van der Waals surface area contributed by atoms with Gasteiger partial charge in [0.25, 0.3) is 0 Å². The Morgan fingerprint density at radius 1 is 0.966 bits per heavy atom. The molecule has 29 heavy (non-hydrogen) atoms. The molecule has 0 aliphatic rings. The van der Waals surface area contributed by atoms with Gasteiger partial charge in [-0.15, -0.1) is 0 Å². The van der Waals surface area contributed by atoms with E-state index in [1.54, 1.807) is 0 Å². The maximum absolute atomic E-state index is 13.6. The molecule has 3 nitrogen and oxygen atoms in total. The predicted octanol–water partition coefficient (Wildman–Crippen LogP) is 4.73. The van der Waals surface area contributed by atoms with E-state index in [1.807, 2.05) is 48.7 Å². The van der Waals surface area contributed by atoms with Gasteiger partial charge < -0.3 is 10.3 Å². The number of H-pyrrole nitrogens is 1. The monoisotopic (exact) mass is 383 g/mol. The first-order chi connectivity index (χ1) is 14.2. The molecule has 4 aromatic rings. The number of carbonyl (C=O) groups is 1. The van der Waals surface area contributed by atoms with Crippen LogP contribution in [-0.2, 0) is 13.0 Å². The number of aromatic amines is 1. The van der Waals surface area contributed by atoms with Gasteiger partial charge in [-0.05, 0) is 18.9 Å². The maximum atomic E-state index is 13.6. The number of ketones is 1. The Morgan fingerprint density at radius 2 is 1.72 bits per heavy atom. The van der Waals surface area contributed by atoms with Gasteiger partial charge in [-0.1, -0.05) is 85.3 Å². The highest BCUT2D eigenvalue weighted by molar-refractivity contribution is 6.10. The van der Waals surface area contributed by atoms with Crippen molar-refractivity contribution < 1.29 is 10.1 Å². The number of Topliss-reactive ketones (excluding diaryl/α,β-unsaturated/α-hetero) is 1. The zero-order valence-corrected chi connectivity index (χ0v) is 17.0. The van der Waals surface area contributed by atoms with E-state index in [4.69, 9.17) is 0 Å². The number of hydrogen-bond donors (Lipinski definition) is 2. The maximum Gasteiger partial charge on any atom is 0.226 e. The van der Waals surface area contributed by atoms with Crippen molar-refractivity contribution in [2.45, 2.75) is 32.9 Å². The molecule has 1 atom stereocenters. The van der Waals surface area contributed by atoms with Gasteiger partial charge in [0.1, 0.15) is 6.54 Å². The molecule has 3 heteroatoms. The molecular weight excluding hydrogens is 356 g/mol. The number of fused-ring (bicyclic) bond motifs is 1. The molecule has 0 saturated heterocycles. The quantitative estimate of drug-likeness (QED) is 0.446. The van der Waals surface area contributed by atoms with E-state index in [2.05, 4.69) is 54.5 Å². The van der Waals surface area contributed by atoms with E-state index in [0.717, 1.165) is 35.0 Å². The van der Waals surface area contributed by atoms with E-state index < -0.39 is 0 Å². The number of quaternary nitrogens is 1. The van der Waals surface area contributed by atoms with Crippen LogP contribution in [0, 0.1) is 6.92 Å². The SMILES string of the molecule is CCc1cccc2c(C(=O)[C@@H]([NH2+]Cc3ccc(C)cc3)c3ccccc3)c[nH]c12. The molecule has 4 rings (SSSR count). The first kappa shape index (κ1) is 19.2. The van der Waals surface area contributed by atoms with Gasteiger partial charge in [0.2, 0.25) is 5.78 Å². The molecule has 0 saturated carbocycles. The molecule has 0 radical (unpaired) electrons. The summed E-state index contributed by atoms with van der Waals surface area (Å²) >= 11 is 0. The van der Waals surface area contributed by atoms with Crippen LogP contribution in [0.2, 0.25) is 0 Å². The Morgan fingerprint density at radius 3 is 2.45 bits per heavy atom. The first-order valence-corrected chi connectivity index (χ1v) is 10.2. The molecule has 0 aliphatic carbocycles. The standard InChI is InChI=1S/C26H26N2O/c1-3-20-10-7-11-22-23(17-28-24(20)22)26(29)25(21-8-5-4-6-9-21)27-16-19-14-12-18(2)13-15-19/h4-15,17,25,27-28H,3,16H2,1-2H3/p+1/t25-/m0/s1. The smallest absolute Gasteiger partial charge is 0.226 e. The third-order valence-corrected chi connectivity index (χ3v) is 5.60. The fourth-order valence-corrected chi connectivity index (χ4v) is 3.92. The molecule has 0 spiro atoms. The highest BCUT2D eigenvalue weighted by Gasteiger charge is 2.27. The van der Waals surface area contributed by atoms with Crippen molar-refractivity contribution in [3.05, 3.63) is 107 Å². The summed E-state index contributed by atoms with van der Waals surface area (Å²) in [7, 11) is 0. The summed E-state index contributed by atoms with van der Waals surface area (Å²) in [6.07, 6.45) is 2.81. The van der Waals surface area contributed by atoms with E-state index in [1.165, 1.54) is 16.7 Å². The number of carbonyl (C=O) groups excluding carboxylic acids is 1. The summed E-state index contributed by atoms with van der Waals surface area (Å²) < 4.78 is 0. The van der Waals surface area contributed by atoms with Crippen LogP contribution >= 0.6 is 0 Å². The predicted molar refractivity (Wildman–Crippen MR) is 118 cm³/mol. The minimum Gasteiger partial charge on any atom is -0.360 e. The second-order valence-electron chi connectivity index (χ2n) is 7.57. The molecule has 0 aliphatic heterocycles. The van der Waals surface area contributed by atoms with Crippen LogP contribution in [0.1, 0.15) is 45.6 Å². The lowest BCUT2D eigenvalue weighted by Gasteiger charge is -2.15. The fraction of sp³-hybridized carbons (Fsp3) is 0.192. The Hall–Kier alpha value is -3.17. The minimum atomic E-state index is -0.276. The zero-order chi connectivity index (χ0) is 20.2. The van der Waals surface area contributed by atoms with Gasteiger partial charge in [-0.2, -0.15) is 0 Å². The summed E-state index contributed by atoms with van der Waals surface area (Å²) in [5.41, 5.74) is 6.58. The van der Waals surface area contributed by atoms with Crippen LogP contribution in [0.5, 0.6) is 0 Å². The summed E-state index contributed by atoms with van der Waals surface area (Å²) in [5, 5.41) is 3.16. The molecule has 0 unspecified atom stereocenters. The van der Waals surface area contributed by atoms with E-state index in [0.29, 0.717) is 0 Å². The Balaban J connectivity index is 1.67. The Kier molecular flexibility index (Phi) is 5.59. The molecule has 3 aromatic carbocycles.